The van der Waals surface area contributed by atoms with Crippen molar-refractivity contribution in [3.63, 3.8) is 0 Å². The van der Waals surface area contributed by atoms with Gasteiger partial charge in [-0.05, 0) is 0 Å². The van der Waals surface area contributed by atoms with Crippen LogP contribution in [0.25, 0.3) is 0 Å². The quantitative estimate of drug-likeness (QED) is 0.546. The summed E-state index contributed by atoms with van der Waals surface area (Å²) >= 11 is 0. The van der Waals surface area contributed by atoms with Crippen LogP contribution in [-0.4, -0.2) is 0 Å². The summed E-state index contributed by atoms with van der Waals surface area (Å²) in [5.41, 5.74) is 0. The molecule has 50 valence electrons. The standard InChI is InChI=1S/C6H12.ClH.Mo/c1-2-4-6-5-3-1;;/h1-6H2;1H;. The Labute approximate surface area is 72.1 Å². The van der Waals surface area contributed by atoms with E-state index in [0.29, 0.717) is 0 Å². The molecule has 0 N–H and O–H groups in total. The zero-order valence-corrected chi connectivity index (χ0v) is 7.88. The average Bonchev–Trinajstić information content (AvgIpc) is 1.72. The van der Waals surface area contributed by atoms with E-state index in [9.17, 15) is 0 Å². The van der Waals surface area contributed by atoms with E-state index in [4.69, 9.17) is 0 Å². The second-order valence-corrected chi connectivity index (χ2v) is 2.12. The van der Waals surface area contributed by atoms with Gasteiger partial charge >= 0.3 is 0 Å². The molecule has 0 spiro atoms. The van der Waals surface area contributed by atoms with Crippen molar-refractivity contribution in [1.82, 2.24) is 0 Å². The number of halogens is 1. The Balaban J connectivity index is 0. The van der Waals surface area contributed by atoms with E-state index in [-0.39, 0.29) is 33.5 Å². The molecule has 0 aromatic heterocycles. The molecule has 0 aromatic rings. The zero-order chi connectivity index (χ0) is 4.24. The summed E-state index contributed by atoms with van der Waals surface area (Å²) in [7, 11) is 0. The summed E-state index contributed by atoms with van der Waals surface area (Å²) in [4.78, 5) is 0. The third-order valence-corrected chi connectivity index (χ3v) is 1.50. The van der Waals surface area contributed by atoms with Gasteiger partial charge in [-0.15, -0.1) is 12.4 Å². The van der Waals surface area contributed by atoms with E-state index in [1.807, 2.05) is 0 Å². The predicted octanol–water partition coefficient (Wildman–Crippen LogP) is 2.76. The minimum absolute atomic E-state index is 0. The smallest absolute Gasteiger partial charge is 0 e. The maximum Gasteiger partial charge on any atom is 0 e. The Morgan fingerprint density at radius 1 is 0.500 bits per heavy atom. The minimum Gasteiger partial charge on any atom is -0.147 e. The summed E-state index contributed by atoms with van der Waals surface area (Å²) in [6, 6.07) is 0. The fourth-order valence-corrected chi connectivity index (χ4v) is 1.06. The van der Waals surface area contributed by atoms with Crippen LogP contribution in [-0.2, 0) is 21.1 Å². The number of hydrogen-bond donors (Lipinski definition) is 0. The van der Waals surface area contributed by atoms with Gasteiger partial charge in [0.15, 0.2) is 0 Å². The van der Waals surface area contributed by atoms with Crippen molar-refractivity contribution in [3.05, 3.63) is 0 Å². The molecule has 8 heavy (non-hydrogen) atoms. The zero-order valence-electron chi connectivity index (χ0n) is 5.06. The van der Waals surface area contributed by atoms with Gasteiger partial charge in [-0.2, -0.15) is 0 Å². The van der Waals surface area contributed by atoms with Crippen molar-refractivity contribution in [2.45, 2.75) is 38.5 Å². The minimum atomic E-state index is 0. The van der Waals surface area contributed by atoms with Crippen LogP contribution in [0, 0.1) is 0 Å². The second kappa shape index (κ2) is 7.98. The molecule has 0 aliphatic heterocycles. The van der Waals surface area contributed by atoms with Gasteiger partial charge in [0, 0.05) is 21.1 Å². The summed E-state index contributed by atoms with van der Waals surface area (Å²) in [6.45, 7) is 0. The van der Waals surface area contributed by atoms with Gasteiger partial charge in [-0.1, -0.05) is 38.5 Å². The molecule has 0 saturated heterocycles. The predicted molar refractivity (Wildman–Crippen MR) is 34.9 cm³/mol. The van der Waals surface area contributed by atoms with Gasteiger partial charge in [0.2, 0.25) is 0 Å². The fourth-order valence-electron chi connectivity index (χ4n) is 1.06. The van der Waals surface area contributed by atoms with Crippen molar-refractivity contribution in [2.24, 2.45) is 0 Å². The van der Waals surface area contributed by atoms with Crippen LogP contribution < -0.4 is 0 Å². The molecule has 0 aromatic carbocycles. The summed E-state index contributed by atoms with van der Waals surface area (Å²) < 4.78 is 0. The van der Waals surface area contributed by atoms with Gasteiger partial charge in [0.25, 0.3) is 0 Å². The Bertz CT molecular complexity index is 24.0. The van der Waals surface area contributed by atoms with Gasteiger partial charge in [0.1, 0.15) is 0 Å². The van der Waals surface area contributed by atoms with E-state index in [2.05, 4.69) is 0 Å². The Morgan fingerprint density at radius 3 is 0.750 bits per heavy atom. The van der Waals surface area contributed by atoms with Crippen molar-refractivity contribution in [3.8, 4) is 0 Å². The maximum absolute atomic E-state index is 1.50. The summed E-state index contributed by atoms with van der Waals surface area (Å²) in [5, 5.41) is 0. The molecule has 1 rings (SSSR count). The van der Waals surface area contributed by atoms with Crippen LogP contribution in [0.2, 0.25) is 0 Å². The van der Waals surface area contributed by atoms with E-state index in [1.165, 1.54) is 38.5 Å². The monoisotopic (exact) mass is 218 g/mol. The summed E-state index contributed by atoms with van der Waals surface area (Å²) in [6.07, 6.45) is 9.00. The van der Waals surface area contributed by atoms with Crippen molar-refractivity contribution >= 4 is 12.4 Å². The molecule has 0 nitrogen and oxygen atoms in total. The Kier molecular flexibility index (Phi) is 11.7. The molecule has 0 amide bonds. The van der Waals surface area contributed by atoms with Crippen LogP contribution in [0.5, 0.6) is 0 Å². The SMILES string of the molecule is C1CCCCC1.Cl.[Mo]. The van der Waals surface area contributed by atoms with E-state index in [0.717, 1.165) is 0 Å². The first kappa shape index (κ1) is 11.7. The van der Waals surface area contributed by atoms with Crippen molar-refractivity contribution in [2.75, 3.05) is 0 Å². The first-order valence-electron chi connectivity index (χ1n) is 3.00. The third-order valence-electron chi connectivity index (χ3n) is 1.50. The van der Waals surface area contributed by atoms with E-state index < -0.39 is 0 Å². The van der Waals surface area contributed by atoms with Crippen molar-refractivity contribution < 1.29 is 21.1 Å². The molecule has 0 bridgehead atoms. The van der Waals surface area contributed by atoms with Gasteiger partial charge < -0.3 is 0 Å². The Morgan fingerprint density at radius 2 is 0.625 bits per heavy atom. The fraction of sp³-hybridized carbons (Fsp3) is 1.00. The van der Waals surface area contributed by atoms with Crippen LogP contribution in [0.15, 0.2) is 0 Å². The van der Waals surface area contributed by atoms with E-state index >= 15 is 0 Å². The molecule has 0 radical (unpaired) electrons. The molecule has 1 aliphatic carbocycles. The number of rotatable bonds is 0. The molecule has 1 fully saturated rings. The van der Waals surface area contributed by atoms with Crippen LogP contribution in [0.1, 0.15) is 38.5 Å². The first-order chi connectivity index (χ1) is 3.00. The van der Waals surface area contributed by atoms with Gasteiger partial charge in [-0.3, -0.25) is 0 Å². The molecule has 1 aliphatic rings. The van der Waals surface area contributed by atoms with E-state index in [1.54, 1.807) is 0 Å². The normalized spacial score (nSPS) is 18.0. The van der Waals surface area contributed by atoms with Gasteiger partial charge in [-0.25, -0.2) is 0 Å². The van der Waals surface area contributed by atoms with Crippen LogP contribution >= 0.6 is 12.4 Å². The summed E-state index contributed by atoms with van der Waals surface area (Å²) in [5.74, 6) is 0. The topological polar surface area (TPSA) is 0 Å². The molecule has 0 unspecified atom stereocenters. The Hall–Kier alpha value is 0.978. The maximum atomic E-state index is 1.50. The molecular formula is C6H13ClMo. The van der Waals surface area contributed by atoms with Crippen LogP contribution in [0.4, 0.5) is 0 Å². The number of hydrogen-bond acceptors (Lipinski definition) is 0. The molecule has 0 heterocycles. The average molecular weight is 217 g/mol. The third kappa shape index (κ3) is 5.12. The van der Waals surface area contributed by atoms with Crippen LogP contribution in [0.3, 0.4) is 0 Å². The molecule has 0 atom stereocenters. The van der Waals surface area contributed by atoms with Crippen molar-refractivity contribution in [1.29, 1.82) is 0 Å². The molecular weight excluding hydrogens is 203 g/mol. The largest absolute Gasteiger partial charge is 0.147 e. The molecule has 2 heteroatoms. The first-order valence-corrected chi connectivity index (χ1v) is 3.00. The second-order valence-electron chi connectivity index (χ2n) is 2.12. The van der Waals surface area contributed by atoms with Gasteiger partial charge in [0.05, 0.1) is 0 Å². The molecule has 1 saturated carbocycles.